The molecule has 1 aliphatic rings. The highest BCUT2D eigenvalue weighted by Gasteiger charge is 2.32. The van der Waals surface area contributed by atoms with Crippen LogP contribution in [-0.4, -0.2) is 15.8 Å². The Morgan fingerprint density at radius 3 is 2.92 bits per heavy atom. The van der Waals surface area contributed by atoms with Crippen LogP contribution in [0.4, 0.5) is 5.95 Å². The number of nitrogens with two attached hydrogens (primary N) is 1. The number of carbonyl (C=O) groups is 1. The van der Waals surface area contributed by atoms with Crippen molar-refractivity contribution in [2.75, 3.05) is 5.73 Å². The molecule has 4 nitrogen and oxygen atoms in total. The van der Waals surface area contributed by atoms with Crippen molar-refractivity contribution in [2.45, 2.75) is 19.8 Å². The third-order valence-electron chi connectivity index (χ3n) is 2.17. The van der Waals surface area contributed by atoms with Gasteiger partial charge in [0, 0.05) is 12.1 Å². The van der Waals surface area contributed by atoms with Gasteiger partial charge in [-0.15, -0.1) is 0 Å². The van der Waals surface area contributed by atoms with Crippen LogP contribution in [0.2, 0.25) is 0 Å². The Labute approximate surface area is 76.2 Å². The van der Waals surface area contributed by atoms with Gasteiger partial charge < -0.3 is 5.73 Å². The van der Waals surface area contributed by atoms with Crippen LogP contribution in [0.3, 0.4) is 0 Å². The summed E-state index contributed by atoms with van der Waals surface area (Å²) in [6.45, 7) is 1.83. The topological polar surface area (TPSA) is 68.9 Å². The number of anilines is 1. The Morgan fingerprint density at radius 2 is 2.31 bits per heavy atom. The number of hydrogen-bond donors (Lipinski definition) is 1. The first-order valence-electron chi connectivity index (χ1n) is 4.32. The van der Waals surface area contributed by atoms with Gasteiger partial charge in [0.25, 0.3) is 0 Å². The van der Waals surface area contributed by atoms with Crippen molar-refractivity contribution in [1.29, 1.82) is 0 Å². The fourth-order valence-electron chi connectivity index (χ4n) is 1.24. The Kier molecular flexibility index (Phi) is 1.76. The van der Waals surface area contributed by atoms with E-state index in [1.165, 1.54) is 0 Å². The fraction of sp³-hybridized carbons (Fsp3) is 0.444. The lowest BCUT2D eigenvalue weighted by Gasteiger charge is -2.02. The van der Waals surface area contributed by atoms with Crippen LogP contribution in [0, 0.1) is 12.8 Å². The molecule has 0 saturated heterocycles. The molecule has 2 rings (SSSR count). The molecule has 1 heterocycles. The number of nitrogens with zero attached hydrogens (tertiary/aromatic N) is 2. The van der Waals surface area contributed by atoms with Crippen molar-refractivity contribution in [1.82, 2.24) is 9.97 Å². The molecule has 13 heavy (non-hydrogen) atoms. The monoisotopic (exact) mass is 177 g/mol. The van der Waals surface area contributed by atoms with Gasteiger partial charge in [-0.05, 0) is 25.3 Å². The van der Waals surface area contributed by atoms with E-state index in [1.807, 2.05) is 6.92 Å². The number of ketones is 1. The van der Waals surface area contributed by atoms with Crippen molar-refractivity contribution in [3.63, 3.8) is 0 Å². The van der Waals surface area contributed by atoms with Gasteiger partial charge in [-0.3, -0.25) is 4.79 Å². The lowest BCUT2D eigenvalue weighted by molar-refractivity contribution is 0.0962. The fourth-order valence-corrected chi connectivity index (χ4v) is 1.24. The Bertz CT molecular complexity index is 358. The molecule has 1 aromatic heterocycles. The summed E-state index contributed by atoms with van der Waals surface area (Å²) in [5.41, 5.74) is 6.72. The highest BCUT2D eigenvalue weighted by Crippen LogP contribution is 2.32. The predicted molar refractivity (Wildman–Crippen MR) is 48.2 cm³/mol. The summed E-state index contributed by atoms with van der Waals surface area (Å²) in [6.07, 6.45) is 3.57. The maximum absolute atomic E-state index is 11.6. The molecular weight excluding hydrogens is 166 g/mol. The van der Waals surface area contributed by atoms with E-state index in [9.17, 15) is 4.79 Å². The molecule has 4 heteroatoms. The molecule has 1 aliphatic carbocycles. The maximum Gasteiger partial charge on any atom is 0.220 e. The second-order valence-electron chi connectivity index (χ2n) is 3.40. The minimum atomic E-state index is 0.117. The summed E-state index contributed by atoms with van der Waals surface area (Å²) < 4.78 is 0. The smallest absolute Gasteiger partial charge is 0.220 e. The van der Waals surface area contributed by atoms with Crippen molar-refractivity contribution >= 4 is 11.7 Å². The number of nitrogen functional groups attached to an aromatic ring is 1. The first-order valence-corrected chi connectivity index (χ1v) is 4.32. The second-order valence-corrected chi connectivity index (χ2v) is 3.40. The number of hydrogen-bond acceptors (Lipinski definition) is 4. The average Bonchev–Trinajstić information content (AvgIpc) is 2.91. The number of aryl methyl sites for hydroxylation is 1. The van der Waals surface area contributed by atoms with Crippen LogP contribution in [-0.2, 0) is 0 Å². The number of rotatable bonds is 2. The van der Waals surface area contributed by atoms with Crippen molar-refractivity contribution in [2.24, 2.45) is 5.92 Å². The molecule has 0 radical (unpaired) electrons. The van der Waals surface area contributed by atoms with E-state index in [2.05, 4.69) is 9.97 Å². The van der Waals surface area contributed by atoms with E-state index >= 15 is 0 Å². The number of carbonyl (C=O) groups excluding carboxylic acids is 1. The van der Waals surface area contributed by atoms with Gasteiger partial charge >= 0.3 is 0 Å². The summed E-state index contributed by atoms with van der Waals surface area (Å²) in [5.74, 6) is 0.481. The molecule has 0 spiro atoms. The van der Waals surface area contributed by atoms with E-state index in [-0.39, 0.29) is 17.6 Å². The molecule has 68 valence electrons. The van der Waals surface area contributed by atoms with Crippen LogP contribution in [0.25, 0.3) is 0 Å². The molecule has 0 atom stereocenters. The molecule has 1 saturated carbocycles. The zero-order valence-corrected chi connectivity index (χ0v) is 7.45. The molecule has 0 aromatic carbocycles. The third-order valence-corrected chi connectivity index (χ3v) is 2.17. The summed E-state index contributed by atoms with van der Waals surface area (Å²) in [4.78, 5) is 19.4. The van der Waals surface area contributed by atoms with Gasteiger partial charge in [-0.1, -0.05) is 0 Å². The summed E-state index contributed by atoms with van der Waals surface area (Å²) in [5, 5.41) is 0. The third kappa shape index (κ3) is 1.52. The minimum absolute atomic E-state index is 0.117. The zero-order valence-electron chi connectivity index (χ0n) is 7.45. The SMILES string of the molecule is Cc1cnc(N)nc1C(=O)C1CC1. The predicted octanol–water partition coefficient (Wildman–Crippen LogP) is 0.960. The van der Waals surface area contributed by atoms with E-state index in [0.717, 1.165) is 18.4 Å². The van der Waals surface area contributed by atoms with Gasteiger partial charge in [0.2, 0.25) is 5.95 Å². The highest BCUT2D eigenvalue weighted by molar-refractivity contribution is 5.98. The highest BCUT2D eigenvalue weighted by atomic mass is 16.1. The molecule has 0 unspecified atom stereocenters. The van der Waals surface area contributed by atoms with Gasteiger partial charge in [0.1, 0.15) is 5.69 Å². The van der Waals surface area contributed by atoms with E-state index in [0.29, 0.717) is 5.69 Å². The van der Waals surface area contributed by atoms with Crippen LogP contribution in [0.15, 0.2) is 6.20 Å². The molecule has 0 amide bonds. The van der Waals surface area contributed by atoms with E-state index < -0.39 is 0 Å². The Morgan fingerprint density at radius 1 is 1.62 bits per heavy atom. The summed E-state index contributed by atoms with van der Waals surface area (Å²) >= 11 is 0. The first-order chi connectivity index (χ1) is 6.18. The van der Waals surface area contributed by atoms with Crippen LogP contribution < -0.4 is 5.73 Å². The van der Waals surface area contributed by atoms with Crippen molar-refractivity contribution < 1.29 is 4.79 Å². The van der Waals surface area contributed by atoms with Gasteiger partial charge in [0.05, 0.1) is 0 Å². The summed E-state index contributed by atoms with van der Waals surface area (Å²) in [7, 11) is 0. The van der Waals surface area contributed by atoms with Crippen molar-refractivity contribution in [3.05, 3.63) is 17.5 Å². The van der Waals surface area contributed by atoms with Gasteiger partial charge in [-0.25, -0.2) is 9.97 Å². The normalized spacial score (nSPS) is 15.8. The zero-order chi connectivity index (χ0) is 9.42. The largest absolute Gasteiger partial charge is 0.368 e. The Balaban J connectivity index is 2.37. The summed E-state index contributed by atoms with van der Waals surface area (Å²) in [6, 6.07) is 0. The van der Waals surface area contributed by atoms with E-state index in [1.54, 1.807) is 6.20 Å². The number of Topliss-reactive ketones (excluding diaryl/α,β-unsaturated/α-hetero) is 1. The van der Waals surface area contributed by atoms with E-state index in [4.69, 9.17) is 5.73 Å². The molecule has 1 fully saturated rings. The van der Waals surface area contributed by atoms with Crippen LogP contribution in [0.5, 0.6) is 0 Å². The lowest BCUT2D eigenvalue weighted by Crippen LogP contribution is -2.09. The van der Waals surface area contributed by atoms with Crippen LogP contribution >= 0.6 is 0 Å². The molecule has 0 bridgehead atoms. The first kappa shape index (κ1) is 8.16. The lowest BCUT2D eigenvalue weighted by atomic mass is 10.1. The molecule has 2 N–H and O–H groups in total. The van der Waals surface area contributed by atoms with Gasteiger partial charge in [-0.2, -0.15) is 0 Å². The minimum Gasteiger partial charge on any atom is -0.368 e. The molecular formula is C9H11N3O. The number of aromatic nitrogens is 2. The maximum atomic E-state index is 11.6. The standard InChI is InChI=1S/C9H11N3O/c1-5-4-11-9(10)12-7(5)8(13)6-2-3-6/h4,6H,2-3H2,1H3,(H2,10,11,12). The second kappa shape index (κ2) is 2.80. The molecule has 1 aromatic rings. The molecule has 0 aliphatic heterocycles. The quantitative estimate of drug-likeness (QED) is 0.683. The van der Waals surface area contributed by atoms with Crippen LogP contribution in [0.1, 0.15) is 28.9 Å². The average molecular weight is 177 g/mol. The Hall–Kier alpha value is -1.45. The van der Waals surface area contributed by atoms with Crippen molar-refractivity contribution in [3.8, 4) is 0 Å². The van der Waals surface area contributed by atoms with Gasteiger partial charge in [0.15, 0.2) is 5.78 Å².